The number of rotatable bonds is 8. The third-order valence-corrected chi connectivity index (χ3v) is 3.51. The van der Waals surface area contributed by atoms with Gasteiger partial charge in [0.15, 0.2) is 0 Å². The summed E-state index contributed by atoms with van der Waals surface area (Å²) < 4.78 is 10.6. The second kappa shape index (κ2) is 8.29. The molecule has 0 bridgehead atoms. The van der Waals surface area contributed by atoms with E-state index in [0.29, 0.717) is 0 Å². The molecule has 0 saturated heterocycles. The van der Waals surface area contributed by atoms with Crippen LogP contribution >= 0.6 is 0 Å². The van der Waals surface area contributed by atoms with Crippen LogP contribution in [0.3, 0.4) is 0 Å². The molecule has 0 aliphatic rings. The van der Waals surface area contributed by atoms with Gasteiger partial charge in [0.25, 0.3) is 0 Å². The van der Waals surface area contributed by atoms with Gasteiger partial charge >= 0.3 is 0 Å². The lowest BCUT2D eigenvalue weighted by molar-refractivity contribution is 0.339. The molecule has 4 heteroatoms. The van der Waals surface area contributed by atoms with Crippen molar-refractivity contribution in [2.24, 2.45) is 0 Å². The Morgan fingerprint density at radius 1 is 1.00 bits per heavy atom. The number of nitrogens with zero attached hydrogens (tertiary/aromatic N) is 1. The van der Waals surface area contributed by atoms with Crippen molar-refractivity contribution in [1.29, 1.82) is 0 Å². The molecule has 2 rings (SSSR count). The summed E-state index contributed by atoms with van der Waals surface area (Å²) in [5, 5.41) is 3.41. The number of benzene rings is 2. The van der Waals surface area contributed by atoms with E-state index in [0.717, 1.165) is 36.8 Å². The lowest BCUT2D eigenvalue weighted by atomic mass is 10.2. The monoisotopic (exact) mass is 300 g/mol. The standard InChI is InChI=1S/C18H24N2O2/c1-20(14-15-7-5-4-6-8-15)12-11-19-17-13-16(21-2)9-10-18(17)22-3/h4-10,13,19H,11-12,14H2,1-3H3. The van der Waals surface area contributed by atoms with Gasteiger partial charge in [0, 0.05) is 25.7 Å². The maximum atomic E-state index is 5.37. The first-order valence-electron chi connectivity index (χ1n) is 7.41. The Hall–Kier alpha value is -2.20. The minimum atomic E-state index is 0.820. The van der Waals surface area contributed by atoms with E-state index >= 15 is 0 Å². The van der Waals surface area contributed by atoms with Crippen LogP contribution in [-0.4, -0.2) is 39.3 Å². The molecule has 0 aliphatic heterocycles. The summed E-state index contributed by atoms with van der Waals surface area (Å²) in [7, 11) is 5.46. The van der Waals surface area contributed by atoms with Gasteiger partial charge in [-0.2, -0.15) is 0 Å². The minimum Gasteiger partial charge on any atom is -0.497 e. The molecule has 22 heavy (non-hydrogen) atoms. The molecule has 0 unspecified atom stereocenters. The Morgan fingerprint density at radius 3 is 2.45 bits per heavy atom. The number of ether oxygens (including phenoxy) is 2. The van der Waals surface area contributed by atoms with Gasteiger partial charge in [0.1, 0.15) is 11.5 Å². The highest BCUT2D eigenvalue weighted by Gasteiger charge is 2.05. The first kappa shape index (κ1) is 16.2. The fourth-order valence-corrected chi connectivity index (χ4v) is 2.31. The first-order chi connectivity index (χ1) is 10.7. The van der Waals surface area contributed by atoms with Gasteiger partial charge in [-0.05, 0) is 24.7 Å². The van der Waals surface area contributed by atoms with Gasteiger partial charge in [0.05, 0.1) is 19.9 Å². The zero-order valence-electron chi connectivity index (χ0n) is 13.5. The fourth-order valence-electron chi connectivity index (χ4n) is 2.31. The smallest absolute Gasteiger partial charge is 0.142 e. The highest BCUT2D eigenvalue weighted by Crippen LogP contribution is 2.28. The second-order valence-corrected chi connectivity index (χ2v) is 5.22. The molecule has 0 amide bonds. The molecule has 118 valence electrons. The Bertz CT molecular complexity index is 573. The van der Waals surface area contributed by atoms with E-state index in [-0.39, 0.29) is 0 Å². The minimum absolute atomic E-state index is 0.820. The number of nitrogens with one attached hydrogen (secondary N) is 1. The van der Waals surface area contributed by atoms with Gasteiger partial charge < -0.3 is 19.7 Å². The first-order valence-corrected chi connectivity index (χ1v) is 7.41. The zero-order valence-corrected chi connectivity index (χ0v) is 13.5. The van der Waals surface area contributed by atoms with E-state index in [1.807, 2.05) is 24.3 Å². The maximum absolute atomic E-state index is 5.37. The number of methoxy groups -OCH3 is 2. The normalized spacial score (nSPS) is 10.5. The van der Waals surface area contributed by atoms with Crippen molar-refractivity contribution in [3.8, 4) is 11.5 Å². The van der Waals surface area contributed by atoms with E-state index in [2.05, 4.69) is 41.5 Å². The lowest BCUT2D eigenvalue weighted by Crippen LogP contribution is -2.24. The molecule has 0 aromatic heterocycles. The van der Waals surface area contributed by atoms with Crippen molar-refractivity contribution in [2.45, 2.75) is 6.54 Å². The van der Waals surface area contributed by atoms with Crippen molar-refractivity contribution < 1.29 is 9.47 Å². The predicted octanol–water partition coefficient (Wildman–Crippen LogP) is 3.25. The largest absolute Gasteiger partial charge is 0.497 e. The van der Waals surface area contributed by atoms with Gasteiger partial charge in [0.2, 0.25) is 0 Å². The number of hydrogen-bond acceptors (Lipinski definition) is 4. The second-order valence-electron chi connectivity index (χ2n) is 5.22. The van der Waals surface area contributed by atoms with Crippen molar-refractivity contribution in [2.75, 3.05) is 39.7 Å². The molecule has 0 aliphatic carbocycles. The van der Waals surface area contributed by atoms with Gasteiger partial charge in [-0.15, -0.1) is 0 Å². The van der Waals surface area contributed by atoms with E-state index in [4.69, 9.17) is 9.47 Å². The molecule has 0 heterocycles. The number of likely N-dealkylation sites (N-methyl/N-ethyl adjacent to an activating group) is 1. The van der Waals surface area contributed by atoms with Crippen LogP contribution in [0.2, 0.25) is 0 Å². The van der Waals surface area contributed by atoms with E-state index in [9.17, 15) is 0 Å². The van der Waals surface area contributed by atoms with Gasteiger partial charge in [-0.1, -0.05) is 30.3 Å². The SMILES string of the molecule is COc1ccc(OC)c(NCCN(C)Cc2ccccc2)c1. The van der Waals surface area contributed by atoms with Crippen molar-refractivity contribution >= 4 is 5.69 Å². The highest BCUT2D eigenvalue weighted by molar-refractivity contribution is 5.59. The van der Waals surface area contributed by atoms with Crippen molar-refractivity contribution in [3.05, 3.63) is 54.1 Å². The van der Waals surface area contributed by atoms with E-state index in [1.54, 1.807) is 14.2 Å². The van der Waals surface area contributed by atoms with E-state index in [1.165, 1.54) is 5.56 Å². The van der Waals surface area contributed by atoms with Crippen molar-refractivity contribution in [1.82, 2.24) is 4.90 Å². The summed E-state index contributed by atoms with van der Waals surface area (Å²) in [4.78, 5) is 2.29. The van der Waals surface area contributed by atoms with Crippen LogP contribution < -0.4 is 14.8 Å². The Kier molecular flexibility index (Phi) is 6.10. The molecule has 0 atom stereocenters. The Balaban J connectivity index is 1.85. The Labute approximate surface area is 132 Å². The molecular formula is C18H24N2O2. The van der Waals surface area contributed by atoms with Gasteiger partial charge in [-0.25, -0.2) is 0 Å². The predicted molar refractivity (Wildman–Crippen MR) is 90.8 cm³/mol. The topological polar surface area (TPSA) is 33.7 Å². The molecule has 0 radical (unpaired) electrons. The lowest BCUT2D eigenvalue weighted by Gasteiger charge is -2.18. The highest BCUT2D eigenvalue weighted by atomic mass is 16.5. The molecule has 1 N–H and O–H groups in total. The fraction of sp³-hybridized carbons (Fsp3) is 0.333. The summed E-state index contributed by atoms with van der Waals surface area (Å²) in [5.41, 5.74) is 2.28. The summed E-state index contributed by atoms with van der Waals surface area (Å²) in [6, 6.07) is 16.2. The van der Waals surface area contributed by atoms with Crippen LogP contribution in [-0.2, 0) is 6.54 Å². The van der Waals surface area contributed by atoms with Crippen LogP contribution in [0.15, 0.2) is 48.5 Å². The maximum Gasteiger partial charge on any atom is 0.142 e. The van der Waals surface area contributed by atoms with Crippen LogP contribution in [0.5, 0.6) is 11.5 Å². The molecule has 0 fully saturated rings. The van der Waals surface area contributed by atoms with Crippen molar-refractivity contribution in [3.63, 3.8) is 0 Å². The average Bonchev–Trinajstić information content (AvgIpc) is 2.55. The quantitative estimate of drug-likeness (QED) is 0.811. The molecule has 0 saturated carbocycles. The average molecular weight is 300 g/mol. The van der Waals surface area contributed by atoms with Crippen LogP contribution in [0, 0.1) is 0 Å². The third kappa shape index (κ3) is 4.67. The molecule has 0 spiro atoms. The summed E-state index contributed by atoms with van der Waals surface area (Å²) in [5.74, 6) is 1.65. The van der Waals surface area contributed by atoms with Gasteiger partial charge in [-0.3, -0.25) is 0 Å². The number of hydrogen-bond donors (Lipinski definition) is 1. The third-order valence-electron chi connectivity index (χ3n) is 3.51. The molecule has 2 aromatic rings. The van der Waals surface area contributed by atoms with Crippen LogP contribution in [0.25, 0.3) is 0 Å². The van der Waals surface area contributed by atoms with Crippen LogP contribution in [0.4, 0.5) is 5.69 Å². The van der Waals surface area contributed by atoms with Crippen LogP contribution in [0.1, 0.15) is 5.56 Å². The Morgan fingerprint density at radius 2 is 1.77 bits per heavy atom. The molecule has 4 nitrogen and oxygen atoms in total. The summed E-state index contributed by atoms with van der Waals surface area (Å²) in [6.45, 7) is 2.72. The molecular weight excluding hydrogens is 276 g/mol. The molecule has 2 aromatic carbocycles. The number of anilines is 1. The van der Waals surface area contributed by atoms with E-state index < -0.39 is 0 Å². The summed E-state index contributed by atoms with van der Waals surface area (Å²) >= 11 is 0. The zero-order chi connectivity index (χ0) is 15.8. The summed E-state index contributed by atoms with van der Waals surface area (Å²) in [6.07, 6.45) is 0.